The van der Waals surface area contributed by atoms with E-state index < -0.39 is 11.9 Å². The first-order chi connectivity index (χ1) is 13.0. The van der Waals surface area contributed by atoms with E-state index in [1.54, 1.807) is 19.1 Å². The van der Waals surface area contributed by atoms with Crippen molar-refractivity contribution in [2.45, 2.75) is 26.2 Å². The molecule has 0 heterocycles. The van der Waals surface area contributed by atoms with Gasteiger partial charge in [-0.25, -0.2) is 0 Å². The first-order valence-electron chi connectivity index (χ1n) is 8.46. The van der Waals surface area contributed by atoms with Gasteiger partial charge in [0.15, 0.2) is 0 Å². The van der Waals surface area contributed by atoms with Gasteiger partial charge >= 0.3 is 29.6 Å². The summed E-state index contributed by atoms with van der Waals surface area (Å²) in [6, 6.07) is 12.5. The number of carbonyl (C=O) groups is 3. The van der Waals surface area contributed by atoms with Crippen molar-refractivity contribution < 1.29 is 58.5 Å². The summed E-state index contributed by atoms with van der Waals surface area (Å²) < 4.78 is 11.5. The zero-order valence-corrected chi connectivity index (χ0v) is 17.9. The fourth-order valence-corrected chi connectivity index (χ4v) is 2.33. The van der Waals surface area contributed by atoms with Crippen LogP contribution in [0.15, 0.2) is 42.5 Å². The maximum absolute atomic E-state index is 11.4. The third kappa shape index (κ3) is 7.72. The fraction of sp³-hybridized carbons (Fsp3) is 0.250. The number of nitrogens with one attached hydrogen (secondary N) is 1. The Balaban J connectivity index is 0.00000392. The summed E-state index contributed by atoms with van der Waals surface area (Å²) in [4.78, 5) is 32.5. The number of aldehydes is 1. The summed E-state index contributed by atoms with van der Waals surface area (Å²) in [6.07, 6.45) is 1.04. The predicted octanol–water partition coefficient (Wildman–Crippen LogP) is -0.772. The van der Waals surface area contributed by atoms with E-state index in [-0.39, 0.29) is 48.9 Å². The Bertz CT molecular complexity index is 810. The number of benzene rings is 2. The number of carboxylic acids is 1. The monoisotopic (exact) mass is 393 g/mol. The van der Waals surface area contributed by atoms with Crippen molar-refractivity contribution in [3.63, 3.8) is 0 Å². The van der Waals surface area contributed by atoms with E-state index in [9.17, 15) is 19.5 Å². The van der Waals surface area contributed by atoms with Gasteiger partial charge in [0.2, 0.25) is 6.29 Å². The topological polar surface area (TPSA) is 105 Å². The number of amides is 1. The van der Waals surface area contributed by atoms with Gasteiger partial charge in [0, 0.05) is 12.0 Å². The fourth-order valence-electron chi connectivity index (χ4n) is 2.33. The van der Waals surface area contributed by atoms with Gasteiger partial charge < -0.3 is 24.7 Å². The predicted molar refractivity (Wildman–Crippen MR) is 96.7 cm³/mol. The van der Waals surface area contributed by atoms with Crippen LogP contribution in [0.25, 0.3) is 0 Å². The van der Waals surface area contributed by atoms with Crippen molar-refractivity contribution in [1.29, 1.82) is 0 Å². The van der Waals surface area contributed by atoms with Crippen LogP contribution < -0.4 is 49.5 Å². The smallest absolute Gasteiger partial charge is 0.550 e. The molecule has 0 atom stereocenters. The zero-order valence-electron chi connectivity index (χ0n) is 15.9. The first kappa shape index (κ1) is 23.7. The Morgan fingerprint density at radius 3 is 2.46 bits per heavy atom. The molecule has 0 fully saturated rings. The van der Waals surface area contributed by atoms with Crippen LogP contribution in [0, 0.1) is 6.92 Å². The van der Waals surface area contributed by atoms with Gasteiger partial charge in [-0.15, -0.1) is 0 Å². The van der Waals surface area contributed by atoms with Gasteiger partial charge in [-0.3, -0.25) is 9.59 Å². The van der Waals surface area contributed by atoms with Crippen molar-refractivity contribution in [3.05, 3.63) is 48.0 Å². The molecule has 0 spiro atoms. The van der Waals surface area contributed by atoms with Crippen LogP contribution in [-0.2, 0) is 14.4 Å². The summed E-state index contributed by atoms with van der Waals surface area (Å²) in [6.45, 7) is 2.05. The quantitative estimate of drug-likeness (QED) is 0.246. The van der Waals surface area contributed by atoms with Gasteiger partial charge in [-0.2, -0.15) is 0 Å². The van der Waals surface area contributed by atoms with Gasteiger partial charge in [-0.05, 0) is 49.9 Å². The van der Waals surface area contributed by atoms with E-state index in [1.807, 2.05) is 30.3 Å². The molecule has 7 nitrogen and oxygen atoms in total. The molecule has 142 valence electrons. The number of aliphatic carboxylic acids is 1. The summed E-state index contributed by atoms with van der Waals surface area (Å²) in [5.41, 5.74) is 1.08. The summed E-state index contributed by atoms with van der Waals surface area (Å²) >= 11 is 0. The van der Waals surface area contributed by atoms with Crippen LogP contribution in [0.2, 0.25) is 0 Å². The molecule has 0 aromatic heterocycles. The molecule has 1 N–H and O–H groups in total. The molecule has 0 unspecified atom stereocenters. The SMILES string of the molecule is Cc1cc(NC(=O)C=O)c(OCCCCC(=O)[O-])cc1Oc1ccccc1.[Na+]. The number of rotatable bonds is 10. The molecule has 0 bridgehead atoms. The third-order valence-electron chi connectivity index (χ3n) is 3.65. The van der Waals surface area contributed by atoms with Crippen LogP contribution in [0.1, 0.15) is 24.8 Å². The Morgan fingerprint density at radius 1 is 1.11 bits per heavy atom. The van der Waals surface area contributed by atoms with E-state index >= 15 is 0 Å². The molecule has 28 heavy (non-hydrogen) atoms. The molecule has 2 rings (SSSR count). The molecule has 2 aromatic carbocycles. The minimum Gasteiger partial charge on any atom is -0.550 e. The van der Waals surface area contributed by atoms with Crippen molar-refractivity contribution in [1.82, 2.24) is 0 Å². The van der Waals surface area contributed by atoms with E-state index in [4.69, 9.17) is 9.47 Å². The average molecular weight is 393 g/mol. The summed E-state index contributed by atoms with van der Waals surface area (Å²) in [7, 11) is 0. The molecule has 0 radical (unpaired) electrons. The molecule has 2 aromatic rings. The first-order valence-corrected chi connectivity index (χ1v) is 8.46. The maximum atomic E-state index is 11.4. The minimum absolute atomic E-state index is 0. The number of hydrogen-bond acceptors (Lipinski definition) is 6. The average Bonchev–Trinajstić information content (AvgIpc) is 2.65. The van der Waals surface area contributed by atoms with Gasteiger partial charge in [-0.1, -0.05) is 18.2 Å². The molecule has 0 aliphatic rings. The number of anilines is 1. The number of aryl methyl sites for hydroxylation is 1. The minimum atomic E-state index is -1.11. The van der Waals surface area contributed by atoms with Crippen LogP contribution in [0.5, 0.6) is 17.2 Å². The standard InChI is InChI=1S/C20H21NO6.Na/c1-14-11-16(21-19(23)13-22)18(26-10-6-5-9-20(24)25)12-17(14)27-15-7-3-2-4-8-15;/h2-4,7-8,11-13H,5-6,9-10H2,1H3,(H,21,23)(H,24,25);/q;+1/p-1. The Kier molecular flexibility index (Phi) is 10.3. The maximum Gasteiger partial charge on any atom is 1.00 e. The molecule has 0 saturated heterocycles. The number of hydrogen-bond donors (Lipinski definition) is 1. The second-order valence-corrected chi connectivity index (χ2v) is 5.81. The number of carboxylic acid groups (broad SMARTS) is 1. The molecular formula is C20H20NNaO6. The second kappa shape index (κ2) is 12.2. The summed E-state index contributed by atoms with van der Waals surface area (Å²) in [5.74, 6) is -0.397. The van der Waals surface area contributed by atoms with Crippen molar-refractivity contribution >= 4 is 23.9 Å². The van der Waals surface area contributed by atoms with E-state index in [2.05, 4.69) is 5.32 Å². The molecule has 0 saturated carbocycles. The van der Waals surface area contributed by atoms with Gasteiger partial charge in [0.05, 0.1) is 12.3 Å². The molecule has 1 amide bonds. The number of carbonyl (C=O) groups excluding carboxylic acids is 3. The van der Waals surface area contributed by atoms with Gasteiger partial charge in [0.25, 0.3) is 5.91 Å². The van der Waals surface area contributed by atoms with Crippen LogP contribution >= 0.6 is 0 Å². The number of para-hydroxylation sites is 1. The second-order valence-electron chi connectivity index (χ2n) is 5.81. The Labute approximate surface area is 185 Å². The van der Waals surface area contributed by atoms with E-state index in [0.717, 1.165) is 5.56 Å². The largest absolute Gasteiger partial charge is 1.00 e. The van der Waals surface area contributed by atoms with Crippen LogP contribution in [0.4, 0.5) is 5.69 Å². The van der Waals surface area contributed by atoms with Crippen molar-refractivity contribution in [3.8, 4) is 17.2 Å². The molecule has 0 aliphatic heterocycles. The Hall–Kier alpha value is -2.35. The Morgan fingerprint density at radius 2 is 1.82 bits per heavy atom. The van der Waals surface area contributed by atoms with Crippen molar-refractivity contribution in [2.24, 2.45) is 0 Å². The zero-order chi connectivity index (χ0) is 19.6. The molecular weight excluding hydrogens is 373 g/mol. The number of ether oxygens (including phenoxy) is 2. The van der Waals surface area contributed by atoms with Crippen LogP contribution in [-0.4, -0.2) is 24.8 Å². The van der Waals surface area contributed by atoms with Gasteiger partial charge in [0.1, 0.15) is 17.2 Å². The molecule has 0 aliphatic carbocycles. The summed E-state index contributed by atoms with van der Waals surface area (Å²) in [5, 5.41) is 12.9. The van der Waals surface area contributed by atoms with Crippen LogP contribution in [0.3, 0.4) is 0 Å². The normalized spacial score (nSPS) is 9.75. The number of unbranched alkanes of at least 4 members (excludes halogenated alkanes) is 1. The van der Waals surface area contributed by atoms with Crippen molar-refractivity contribution in [2.75, 3.05) is 11.9 Å². The third-order valence-corrected chi connectivity index (χ3v) is 3.65. The molecule has 8 heteroatoms. The van der Waals surface area contributed by atoms with E-state index in [0.29, 0.717) is 35.8 Å². The van der Waals surface area contributed by atoms with E-state index in [1.165, 1.54) is 0 Å².